The van der Waals surface area contributed by atoms with Gasteiger partial charge in [0, 0.05) is 35.3 Å². The third-order valence-electron chi connectivity index (χ3n) is 4.74. The van der Waals surface area contributed by atoms with Crippen LogP contribution in [0.1, 0.15) is 51.1 Å². The summed E-state index contributed by atoms with van der Waals surface area (Å²) < 4.78 is 13.4. The average molecular weight is 340 g/mol. The van der Waals surface area contributed by atoms with Gasteiger partial charge in [-0.15, -0.1) is 0 Å². The van der Waals surface area contributed by atoms with E-state index in [4.69, 9.17) is 15.2 Å². The molecule has 2 aliphatic rings. The van der Waals surface area contributed by atoms with Crippen molar-refractivity contribution in [1.29, 1.82) is 0 Å². The highest BCUT2D eigenvalue weighted by Crippen LogP contribution is 2.47. The van der Waals surface area contributed by atoms with Gasteiger partial charge in [0.15, 0.2) is 0 Å². The van der Waals surface area contributed by atoms with Gasteiger partial charge in [-0.1, -0.05) is 22.9 Å². The average Bonchev–Trinajstić information content (AvgIpc) is 2.40. The van der Waals surface area contributed by atoms with Gasteiger partial charge >= 0.3 is 0 Å². The Labute approximate surface area is 129 Å². The molecule has 0 saturated carbocycles. The van der Waals surface area contributed by atoms with Crippen molar-refractivity contribution < 1.29 is 9.47 Å². The molecule has 3 rings (SSSR count). The van der Waals surface area contributed by atoms with Gasteiger partial charge in [-0.05, 0) is 31.5 Å². The summed E-state index contributed by atoms with van der Waals surface area (Å²) in [4.78, 5) is 0. The van der Waals surface area contributed by atoms with Crippen LogP contribution in [-0.2, 0) is 4.74 Å². The molecule has 1 aromatic carbocycles. The molecular formula is C16H22BrNO2. The van der Waals surface area contributed by atoms with Crippen LogP contribution in [0.15, 0.2) is 22.7 Å². The molecule has 1 saturated heterocycles. The highest BCUT2D eigenvalue weighted by molar-refractivity contribution is 9.10. The lowest BCUT2D eigenvalue weighted by Gasteiger charge is -2.49. The van der Waals surface area contributed by atoms with Crippen LogP contribution in [0.4, 0.5) is 0 Å². The summed E-state index contributed by atoms with van der Waals surface area (Å²) in [6.45, 7) is 5.11. The highest BCUT2D eigenvalue weighted by Gasteiger charge is 2.47. The molecule has 1 aromatic rings. The minimum Gasteiger partial charge on any atom is -0.487 e. The second-order valence-corrected chi connectivity index (χ2v) is 7.27. The molecule has 2 unspecified atom stereocenters. The molecule has 2 heterocycles. The maximum absolute atomic E-state index is 6.41. The number of rotatable bonds is 1. The Morgan fingerprint density at radius 2 is 2.25 bits per heavy atom. The third-order valence-corrected chi connectivity index (χ3v) is 5.24. The van der Waals surface area contributed by atoms with Gasteiger partial charge in [0.05, 0.1) is 12.2 Å². The molecular weight excluding hydrogens is 318 g/mol. The monoisotopic (exact) mass is 339 g/mol. The molecule has 0 aliphatic carbocycles. The topological polar surface area (TPSA) is 44.5 Å². The van der Waals surface area contributed by atoms with Gasteiger partial charge in [-0.3, -0.25) is 0 Å². The molecule has 2 aliphatic heterocycles. The molecule has 2 N–H and O–H groups in total. The largest absolute Gasteiger partial charge is 0.487 e. The molecule has 110 valence electrons. The van der Waals surface area contributed by atoms with E-state index in [1.54, 1.807) is 0 Å². The molecule has 1 spiro atoms. The summed E-state index contributed by atoms with van der Waals surface area (Å²) in [5.74, 6) is 0.937. The van der Waals surface area contributed by atoms with Crippen LogP contribution in [0, 0.1) is 0 Å². The molecule has 0 bridgehead atoms. The van der Waals surface area contributed by atoms with E-state index < -0.39 is 0 Å². The molecule has 0 radical (unpaired) electrons. The van der Waals surface area contributed by atoms with Crippen molar-refractivity contribution in [2.75, 3.05) is 6.61 Å². The van der Waals surface area contributed by atoms with Gasteiger partial charge < -0.3 is 15.2 Å². The van der Waals surface area contributed by atoms with Crippen molar-refractivity contribution in [3.05, 3.63) is 28.2 Å². The van der Waals surface area contributed by atoms with E-state index in [2.05, 4.69) is 35.8 Å². The lowest BCUT2D eigenvalue weighted by Crippen LogP contribution is -2.53. The van der Waals surface area contributed by atoms with Gasteiger partial charge in [0.2, 0.25) is 0 Å². The summed E-state index contributed by atoms with van der Waals surface area (Å²) in [7, 11) is 0. The molecule has 4 heteroatoms. The van der Waals surface area contributed by atoms with Crippen LogP contribution in [0.3, 0.4) is 0 Å². The van der Waals surface area contributed by atoms with E-state index in [1.807, 2.05) is 12.1 Å². The Bertz CT molecular complexity index is 521. The fraction of sp³-hybridized carbons (Fsp3) is 0.625. The fourth-order valence-corrected chi connectivity index (χ4v) is 3.86. The minimum atomic E-state index is -0.163. The second kappa shape index (κ2) is 5.00. The zero-order chi connectivity index (χ0) is 14.4. The lowest BCUT2D eigenvalue weighted by molar-refractivity contribution is -0.151. The van der Waals surface area contributed by atoms with Crippen LogP contribution in [0.25, 0.3) is 0 Å². The van der Waals surface area contributed by atoms with E-state index >= 15 is 0 Å². The SMILES string of the molecule is CCC1(C)CC2(CCO1)C[C@@H](N)c1cc(Br)ccc1O2. The Balaban J connectivity index is 1.92. The number of halogens is 1. The number of hydrogen-bond acceptors (Lipinski definition) is 3. The molecule has 3 atom stereocenters. The number of hydrogen-bond donors (Lipinski definition) is 1. The first-order valence-electron chi connectivity index (χ1n) is 7.33. The van der Waals surface area contributed by atoms with Crippen LogP contribution in [0.2, 0.25) is 0 Å². The number of ether oxygens (including phenoxy) is 2. The first kappa shape index (κ1) is 14.4. The first-order chi connectivity index (χ1) is 9.45. The minimum absolute atomic E-state index is 0.0375. The van der Waals surface area contributed by atoms with Gasteiger partial charge in [-0.25, -0.2) is 0 Å². The van der Waals surface area contributed by atoms with E-state index in [0.717, 1.165) is 48.1 Å². The Morgan fingerprint density at radius 1 is 1.45 bits per heavy atom. The maximum atomic E-state index is 6.41. The molecule has 3 nitrogen and oxygen atoms in total. The smallest absolute Gasteiger partial charge is 0.124 e. The summed E-state index contributed by atoms with van der Waals surface area (Å²) in [5.41, 5.74) is 7.26. The summed E-state index contributed by atoms with van der Waals surface area (Å²) in [5, 5.41) is 0. The van der Waals surface area contributed by atoms with Crippen molar-refractivity contribution in [3.63, 3.8) is 0 Å². The van der Waals surface area contributed by atoms with Crippen molar-refractivity contribution in [2.24, 2.45) is 5.73 Å². The standard InChI is InChI=1S/C16H22BrNO2/c1-3-15(2)10-16(6-7-19-15)9-13(18)12-8-11(17)4-5-14(12)20-16/h4-5,8,13H,3,6-7,9-10,18H2,1-2H3/t13-,15?,16?/m1/s1. The molecule has 0 amide bonds. The van der Waals surface area contributed by atoms with Crippen LogP contribution in [-0.4, -0.2) is 17.8 Å². The fourth-order valence-electron chi connectivity index (χ4n) is 3.48. The highest BCUT2D eigenvalue weighted by atomic mass is 79.9. The zero-order valence-corrected chi connectivity index (χ0v) is 13.7. The van der Waals surface area contributed by atoms with E-state index in [0.29, 0.717) is 0 Å². The van der Waals surface area contributed by atoms with Crippen molar-refractivity contribution in [2.45, 2.75) is 56.8 Å². The quantitative estimate of drug-likeness (QED) is 0.842. The summed E-state index contributed by atoms with van der Waals surface area (Å²) in [6.07, 6.45) is 3.71. The number of fused-ring (bicyclic) bond motifs is 1. The normalized spacial score (nSPS) is 36.5. The second-order valence-electron chi connectivity index (χ2n) is 6.36. The van der Waals surface area contributed by atoms with Crippen LogP contribution in [0.5, 0.6) is 5.75 Å². The Kier molecular flexibility index (Phi) is 3.59. The zero-order valence-electron chi connectivity index (χ0n) is 12.1. The maximum Gasteiger partial charge on any atom is 0.124 e. The third kappa shape index (κ3) is 2.49. The molecule has 1 fully saturated rings. The predicted octanol–water partition coefficient (Wildman–Crippen LogP) is 3.95. The number of benzene rings is 1. The molecule has 20 heavy (non-hydrogen) atoms. The van der Waals surface area contributed by atoms with Gasteiger partial charge in [0.25, 0.3) is 0 Å². The van der Waals surface area contributed by atoms with Crippen molar-refractivity contribution in [1.82, 2.24) is 0 Å². The van der Waals surface area contributed by atoms with Gasteiger partial charge in [-0.2, -0.15) is 0 Å². The summed E-state index contributed by atoms with van der Waals surface area (Å²) >= 11 is 3.50. The molecule has 0 aromatic heterocycles. The van der Waals surface area contributed by atoms with E-state index in [-0.39, 0.29) is 17.2 Å². The Hall–Kier alpha value is -0.580. The number of nitrogens with two attached hydrogens (primary N) is 1. The lowest BCUT2D eigenvalue weighted by atomic mass is 9.75. The van der Waals surface area contributed by atoms with Crippen molar-refractivity contribution >= 4 is 15.9 Å². The van der Waals surface area contributed by atoms with Crippen LogP contribution >= 0.6 is 15.9 Å². The Morgan fingerprint density at radius 3 is 3.00 bits per heavy atom. The van der Waals surface area contributed by atoms with E-state index in [9.17, 15) is 0 Å². The first-order valence-corrected chi connectivity index (χ1v) is 8.13. The van der Waals surface area contributed by atoms with Crippen LogP contribution < -0.4 is 10.5 Å². The van der Waals surface area contributed by atoms with Crippen molar-refractivity contribution in [3.8, 4) is 5.75 Å². The summed E-state index contributed by atoms with van der Waals surface area (Å²) in [6, 6.07) is 6.16. The van der Waals surface area contributed by atoms with E-state index in [1.165, 1.54) is 0 Å². The predicted molar refractivity (Wildman–Crippen MR) is 82.9 cm³/mol. The van der Waals surface area contributed by atoms with Gasteiger partial charge in [0.1, 0.15) is 11.4 Å².